The van der Waals surface area contributed by atoms with Gasteiger partial charge in [-0.25, -0.2) is 0 Å². The van der Waals surface area contributed by atoms with Gasteiger partial charge in [-0.05, 0) is 61.5 Å². The Morgan fingerprint density at radius 1 is 1.08 bits per heavy atom. The molecule has 1 aliphatic carbocycles. The molecule has 3 N–H and O–H groups in total. The zero-order chi connectivity index (χ0) is 17.6. The first-order chi connectivity index (χ1) is 11.3. The van der Waals surface area contributed by atoms with Gasteiger partial charge in [0.15, 0.2) is 0 Å². The number of rotatable bonds is 6. The fraction of sp³-hybridized carbons (Fsp3) is 0.667. The van der Waals surface area contributed by atoms with Crippen molar-refractivity contribution in [3.63, 3.8) is 0 Å². The van der Waals surface area contributed by atoms with Gasteiger partial charge in [0.05, 0.1) is 0 Å². The molecule has 0 saturated heterocycles. The summed E-state index contributed by atoms with van der Waals surface area (Å²) in [6.07, 6.45) is 7.86. The highest BCUT2D eigenvalue weighted by Gasteiger charge is 2.19. The normalized spacial score (nSPS) is 21.5. The summed E-state index contributed by atoms with van der Waals surface area (Å²) in [6, 6.07) is 9.61. The van der Waals surface area contributed by atoms with Crippen LogP contribution >= 0.6 is 0 Å². The third-order valence-corrected chi connectivity index (χ3v) is 5.08. The molecule has 0 radical (unpaired) electrons. The van der Waals surface area contributed by atoms with E-state index >= 15 is 0 Å². The summed E-state index contributed by atoms with van der Waals surface area (Å²) in [5.41, 5.74) is 8.85. The molecule has 0 bridgehead atoms. The summed E-state index contributed by atoms with van der Waals surface area (Å²) in [5.74, 6) is 0.207. The average Bonchev–Trinajstić information content (AvgIpc) is 2.53. The lowest BCUT2D eigenvalue weighted by Gasteiger charge is -2.26. The Balaban J connectivity index is 1.63. The molecule has 1 aromatic rings. The van der Waals surface area contributed by atoms with Gasteiger partial charge in [-0.3, -0.25) is 4.79 Å². The molecule has 0 heterocycles. The van der Waals surface area contributed by atoms with Crippen LogP contribution < -0.4 is 11.1 Å². The second-order valence-corrected chi connectivity index (χ2v) is 8.33. The van der Waals surface area contributed by atoms with Gasteiger partial charge in [-0.2, -0.15) is 0 Å². The van der Waals surface area contributed by atoms with E-state index in [1.54, 1.807) is 0 Å². The van der Waals surface area contributed by atoms with Crippen LogP contribution in [0.5, 0.6) is 0 Å². The van der Waals surface area contributed by atoms with Crippen molar-refractivity contribution in [3.05, 3.63) is 35.4 Å². The fourth-order valence-electron chi connectivity index (χ4n) is 3.35. The quantitative estimate of drug-likeness (QED) is 0.772. The average molecular weight is 331 g/mol. The first-order valence-corrected chi connectivity index (χ1v) is 9.49. The number of benzene rings is 1. The fourth-order valence-corrected chi connectivity index (χ4v) is 3.35. The van der Waals surface area contributed by atoms with Crippen molar-refractivity contribution in [2.75, 3.05) is 0 Å². The lowest BCUT2D eigenvalue weighted by atomic mass is 9.86. The molecule has 134 valence electrons. The van der Waals surface area contributed by atoms with Crippen molar-refractivity contribution in [2.45, 2.75) is 89.6 Å². The molecule has 2 rings (SSSR count). The maximum atomic E-state index is 12.0. The van der Waals surface area contributed by atoms with Crippen molar-refractivity contribution in [2.24, 2.45) is 5.73 Å². The number of hydrogen-bond acceptors (Lipinski definition) is 2. The van der Waals surface area contributed by atoms with Crippen LogP contribution in [-0.4, -0.2) is 18.0 Å². The van der Waals surface area contributed by atoms with Crippen molar-refractivity contribution in [1.82, 2.24) is 5.32 Å². The first-order valence-electron chi connectivity index (χ1n) is 9.49. The van der Waals surface area contributed by atoms with Crippen LogP contribution in [0, 0.1) is 0 Å². The smallest absolute Gasteiger partial charge is 0.220 e. The van der Waals surface area contributed by atoms with Gasteiger partial charge < -0.3 is 11.1 Å². The van der Waals surface area contributed by atoms with E-state index in [0.717, 1.165) is 44.9 Å². The number of carbonyl (C=O) groups excluding carboxylic acids is 1. The first kappa shape index (κ1) is 19.0. The zero-order valence-corrected chi connectivity index (χ0v) is 15.6. The molecule has 0 spiro atoms. The molecule has 0 atom stereocenters. The van der Waals surface area contributed by atoms with Crippen molar-refractivity contribution in [1.29, 1.82) is 0 Å². The van der Waals surface area contributed by atoms with E-state index in [2.05, 4.69) is 50.4 Å². The van der Waals surface area contributed by atoms with E-state index in [9.17, 15) is 4.79 Å². The van der Waals surface area contributed by atoms with Gasteiger partial charge in [-0.15, -0.1) is 0 Å². The number of amides is 1. The van der Waals surface area contributed by atoms with Crippen LogP contribution in [0.25, 0.3) is 0 Å². The van der Waals surface area contributed by atoms with Crippen LogP contribution in [0.4, 0.5) is 0 Å². The second kappa shape index (κ2) is 8.66. The molecule has 1 aliphatic rings. The molecule has 1 amide bonds. The zero-order valence-electron chi connectivity index (χ0n) is 15.6. The van der Waals surface area contributed by atoms with Gasteiger partial charge in [0.25, 0.3) is 0 Å². The standard InChI is InChI=1S/C21H34N2O/c1-21(2,3)17-10-8-16(9-11-17)6-4-5-7-20(24)23-19-14-12-18(22)13-15-19/h8-11,18-19H,4-7,12-15,22H2,1-3H3,(H,23,24). The predicted molar refractivity (Wildman–Crippen MR) is 101 cm³/mol. The minimum absolute atomic E-state index is 0.207. The molecule has 1 fully saturated rings. The molecule has 0 unspecified atom stereocenters. The Morgan fingerprint density at radius 2 is 1.71 bits per heavy atom. The van der Waals surface area contributed by atoms with Crippen LogP contribution in [0.3, 0.4) is 0 Å². The Bertz CT molecular complexity index is 508. The largest absolute Gasteiger partial charge is 0.353 e. The SMILES string of the molecule is CC(C)(C)c1ccc(CCCCC(=O)NC2CCC(N)CC2)cc1. The van der Waals surface area contributed by atoms with Gasteiger partial charge >= 0.3 is 0 Å². The Kier molecular flexibility index (Phi) is 6.85. The maximum absolute atomic E-state index is 12.0. The highest BCUT2D eigenvalue weighted by molar-refractivity contribution is 5.76. The number of unbranched alkanes of at least 4 members (excludes halogenated alkanes) is 1. The number of carbonyl (C=O) groups is 1. The van der Waals surface area contributed by atoms with Crippen LogP contribution in [0.1, 0.15) is 76.8 Å². The summed E-state index contributed by atoms with van der Waals surface area (Å²) < 4.78 is 0. The van der Waals surface area contributed by atoms with Crippen molar-refractivity contribution in [3.8, 4) is 0 Å². The molecule has 3 nitrogen and oxygen atoms in total. The molecule has 1 saturated carbocycles. The van der Waals surface area contributed by atoms with E-state index in [4.69, 9.17) is 5.73 Å². The second-order valence-electron chi connectivity index (χ2n) is 8.33. The Morgan fingerprint density at radius 3 is 2.29 bits per heavy atom. The Hall–Kier alpha value is -1.35. The van der Waals surface area contributed by atoms with E-state index in [-0.39, 0.29) is 11.3 Å². The van der Waals surface area contributed by atoms with Gasteiger partial charge in [0.2, 0.25) is 5.91 Å². The van der Waals surface area contributed by atoms with Gasteiger partial charge in [0, 0.05) is 18.5 Å². The lowest BCUT2D eigenvalue weighted by molar-refractivity contribution is -0.122. The molecular formula is C21H34N2O. The Labute approximate surface area is 147 Å². The summed E-state index contributed by atoms with van der Waals surface area (Å²) in [7, 11) is 0. The molecule has 0 aliphatic heterocycles. The minimum atomic E-state index is 0.207. The van der Waals surface area contributed by atoms with Crippen LogP contribution in [0.15, 0.2) is 24.3 Å². The molecule has 24 heavy (non-hydrogen) atoms. The third kappa shape index (κ3) is 6.27. The summed E-state index contributed by atoms with van der Waals surface area (Å²) in [4.78, 5) is 12.0. The summed E-state index contributed by atoms with van der Waals surface area (Å²) >= 11 is 0. The third-order valence-electron chi connectivity index (χ3n) is 5.08. The number of hydrogen-bond donors (Lipinski definition) is 2. The topological polar surface area (TPSA) is 55.1 Å². The molecular weight excluding hydrogens is 296 g/mol. The number of nitrogens with two attached hydrogens (primary N) is 1. The van der Waals surface area contributed by atoms with Crippen molar-refractivity contribution < 1.29 is 4.79 Å². The minimum Gasteiger partial charge on any atom is -0.353 e. The number of nitrogens with one attached hydrogen (secondary N) is 1. The highest BCUT2D eigenvalue weighted by atomic mass is 16.1. The van der Waals surface area contributed by atoms with E-state index in [0.29, 0.717) is 18.5 Å². The maximum Gasteiger partial charge on any atom is 0.220 e. The van der Waals surface area contributed by atoms with E-state index in [1.807, 2.05) is 0 Å². The molecule has 0 aromatic heterocycles. The lowest BCUT2D eigenvalue weighted by Crippen LogP contribution is -2.40. The van der Waals surface area contributed by atoms with Crippen molar-refractivity contribution >= 4 is 5.91 Å². The molecule has 1 aromatic carbocycles. The van der Waals surface area contributed by atoms with Crippen LogP contribution in [-0.2, 0) is 16.6 Å². The van der Waals surface area contributed by atoms with E-state index in [1.165, 1.54) is 11.1 Å². The predicted octanol–water partition coefficient (Wildman–Crippen LogP) is 4.08. The molecule has 3 heteroatoms. The van der Waals surface area contributed by atoms with E-state index < -0.39 is 0 Å². The summed E-state index contributed by atoms with van der Waals surface area (Å²) in [5, 5.41) is 3.17. The van der Waals surface area contributed by atoms with Gasteiger partial charge in [-0.1, -0.05) is 45.0 Å². The van der Waals surface area contributed by atoms with Crippen LogP contribution in [0.2, 0.25) is 0 Å². The summed E-state index contributed by atoms with van der Waals surface area (Å²) in [6.45, 7) is 6.71. The number of aryl methyl sites for hydroxylation is 1. The monoisotopic (exact) mass is 330 g/mol. The van der Waals surface area contributed by atoms with Gasteiger partial charge in [0.1, 0.15) is 0 Å². The highest BCUT2D eigenvalue weighted by Crippen LogP contribution is 2.22.